The molecule has 0 radical (unpaired) electrons. The fraction of sp³-hybridized carbons (Fsp3) is 0.867. The zero-order chi connectivity index (χ0) is 12.9. The van der Waals surface area contributed by atoms with Crippen molar-refractivity contribution in [2.24, 2.45) is 16.7 Å². The van der Waals surface area contributed by atoms with Crippen molar-refractivity contribution in [3.63, 3.8) is 0 Å². The van der Waals surface area contributed by atoms with Crippen molar-refractivity contribution in [3.05, 3.63) is 12.2 Å². The quantitative estimate of drug-likeness (QED) is 0.690. The summed E-state index contributed by atoms with van der Waals surface area (Å²) in [6.07, 6.45) is 7.75. The Balaban J connectivity index is 2.26. The number of rotatable bonds is 1. The van der Waals surface area contributed by atoms with Crippen LogP contribution in [0.25, 0.3) is 0 Å². The van der Waals surface area contributed by atoms with Crippen LogP contribution in [0, 0.1) is 16.7 Å². The van der Waals surface area contributed by atoms with E-state index < -0.39 is 11.7 Å². The predicted octanol–water partition coefficient (Wildman–Crippen LogP) is 2.89. The molecule has 2 aliphatic rings. The molecule has 0 aliphatic heterocycles. The van der Waals surface area contributed by atoms with Crippen LogP contribution in [0.15, 0.2) is 12.2 Å². The molecule has 4 unspecified atom stereocenters. The number of aliphatic hydroxyl groups is 2. The van der Waals surface area contributed by atoms with E-state index in [1.807, 2.05) is 0 Å². The summed E-state index contributed by atoms with van der Waals surface area (Å²) in [5, 5.41) is 20.0. The Morgan fingerprint density at radius 2 is 1.76 bits per heavy atom. The monoisotopic (exact) mass is 238 g/mol. The molecule has 2 N–H and O–H groups in total. The lowest BCUT2D eigenvalue weighted by Crippen LogP contribution is -2.46. The van der Waals surface area contributed by atoms with E-state index in [4.69, 9.17) is 0 Å². The van der Waals surface area contributed by atoms with Crippen LogP contribution in [0.5, 0.6) is 0 Å². The fourth-order valence-corrected chi connectivity index (χ4v) is 3.66. The van der Waals surface area contributed by atoms with Gasteiger partial charge >= 0.3 is 0 Å². The van der Waals surface area contributed by atoms with E-state index in [0.29, 0.717) is 17.8 Å². The van der Waals surface area contributed by atoms with Crippen LogP contribution in [0.4, 0.5) is 0 Å². The third kappa shape index (κ3) is 1.96. The van der Waals surface area contributed by atoms with E-state index in [0.717, 1.165) is 0 Å². The Kier molecular flexibility index (Phi) is 2.95. The molecule has 98 valence electrons. The lowest BCUT2D eigenvalue weighted by molar-refractivity contribution is -0.0619. The average molecular weight is 238 g/mol. The van der Waals surface area contributed by atoms with Gasteiger partial charge in [0.05, 0.1) is 6.10 Å². The molecule has 2 heteroatoms. The largest absolute Gasteiger partial charge is 0.390 e. The lowest BCUT2D eigenvalue weighted by Gasteiger charge is -2.47. The summed E-state index contributed by atoms with van der Waals surface area (Å²) in [5.74, 6) is 0.384. The maximum absolute atomic E-state index is 10.1. The van der Waals surface area contributed by atoms with Gasteiger partial charge in [-0.1, -0.05) is 39.3 Å². The highest BCUT2D eigenvalue weighted by atomic mass is 16.3. The van der Waals surface area contributed by atoms with Gasteiger partial charge < -0.3 is 10.2 Å². The zero-order valence-corrected chi connectivity index (χ0v) is 11.5. The van der Waals surface area contributed by atoms with Crippen molar-refractivity contribution in [1.82, 2.24) is 0 Å². The molecular formula is C15H26O2. The highest BCUT2D eigenvalue weighted by Gasteiger charge is 2.51. The molecular weight excluding hydrogens is 212 g/mol. The minimum atomic E-state index is -1.05. The molecule has 17 heavy (non-hydrogen) atoms. The van der Waals surface area contributed by atoms with Crippen molar-refractivity contribution in [1.29, 1.82) is 0 Å². The Bertz CT molecular complexity index is 330. The number of aliphatic hydroxyl groups excluding tert-OH is 1. The lowest BCUT2D eigenvalue weighted by atomic mass is 9.59. The highest BCUT2D eigenvalue weighted by molar-refractivity contribution is 5.15. The molecule has 0 saturated heterocycles. The molecule has 0 aromatic heterocycles. The van der Waals surface area contributed by atoms with E-state index in [-0.39, 0.29) is 5.41 Å². The van der Waals surface area contributed by atoms with Gasteiger partial charge in [-0.05, 0) is 42.9 Å². The first kappa shape index (κ1) is 13.1. The summed E-state index contributed by atoms with van der Waals surface area (Å²) in [6, 6.07) is 0. The maximum Gasteiger partial charge on any atom is 0.106 e. The fourth-order valence-electron chi connectivity index (χ4n) is 3.66. The Labute approximate surface area is 105 Å². The van der Waals surface area contributed by atoms with Gasteiger partial charge in [0.25, 0.3) is 0 Å². The summed E-state index contributed by atoms with van der Waals surface area (Å²) in [4.78, 5) is 0. The minimum absolute atomic E-state index is 0.251. The van der Waals surface area contributed by atoms with Gasteiger partial charge in [-0.2, -0.15) is 0 Å². The van der Waals surface area contributed by atoms with Gasteiger partial charge in [0.1, 0.15) is 5.60 Å². The van der Waals surface area contributed by atoms with Crippen molar-refractivity contribution in [2.45, 2.75) is 65.1 Å². The van der Waals surface area contributed by atoms with Gasteiger partial charge in [0, 0.05) is 0 Å². The first-order chi connectivity index (χ1) is 7.69. The van der Waals surface area contributed by atoms with Crippen molar-refractivity contribution in [2.75, 3.05) is 0 Å². The van der Waals surface area contributed by atoms with Crippen molar-refractivity contribution in [3.8, 4) is 0 Å². The second-order valence-corrected chi connectivity index (χ2v) is 7.10. The molecule has 2 rings (SSSR count). The summed E-state index contributed by atoms with van der Waals surface area (Å²) in [5.41, 5.74) is -0.471. The topological polar surface area (TPSA) is 40.5 Å². The van der Waals surface area contributed by atoms with Gasteiger partial charge in [0.15, 0.2) is 0 Å². The van der Waals surface area contributed by atoms with Crippen LogP contribution in [-0.2, 0) is 0 Å². The van der Waals surface area contributed by atoms with Crippen LogP contribution in [0.1, 0.15) is 53.4 Å². The van der Waals surface area contributed by atoms with Gasteiger partial charge in [0.2, 0.25) is 0 Å². The normalized spacial score (nSPS) is 49.5. The number of hydrogen-bond donors (Lipinski definition) is 2. The predicted molar refractivity (Wildman–Crippen MR) is 69.6 cm³/mol. The number of allylic oxidation sites excluding steroid dienone is 1. The average Bonchev–Trinajstić information content (AvgIpc) is 2.47. The van der Waals surface area contributed by atoms with Gasteiger partial charge in [-0.25, -0.2) is 0 Å². The van der Waals surface area contributed by atoms with E-state index in [1.165, 1.54) is 19.3 Å². The van der Waals surface area contributed by atoms with Crippen molar-refractivity contribution >= 4 is 0 Å². The second kappa shape index (κ2) is 3.83. The number of hydrogen-bond acceptors (Lipinski definition) is 2. The maximum atomic E-state index is 10.1. The van der Waals surface area contributed by atoms with Crippen LogP contribution in [-0.4, -0.2) is 21.9 Å². The van der Waals surface area contributed by atoms with E-state index >= 15 is 0 Å². The van der Waals surface area contributed by atoms with Gasteiger partial charge in [-0.15, -0.1) is 0 Å². The molecule has 0 aromatic carbocycles. The summed E-state index contributed by atoms with van der Waals surface area (Å²) < 4.78 is 0. The molecule has 2 aliphatic carbocycles. The molecule has 0 amide bonds. The molecule has 1 saturated carbocycles. The summed E-state index contributed by atoms with van der Waals surface area (Å²) in [6.45, 7) is 8.72. The van der Waals surface area contributed by atoms with E-state index in [1.54, 1.807) is 13.0 Å². The standard InChI is InChI=1S/C15H26O2/c1-13(2)7-5-8-14(13,3)11-6-9-15(4,17)12(16)10-11/h6,9,11-12,16-17H,5,7-8,10H2,1-4H3. The molecule has 0 spiro atoms. The van der Waals surface area contributed by atoms with Crippen LogP contribution in [0.3, 0.4) is 0 Å². The highest BCUT2D eigenvalue weighted by Crippen LogP contribution is 2.58. The Hall–Kier alpha value is -0.340. The third-order valence-corrected chi connectivity index (χ3v) is 5.68. The minimum Gasteiger partial charge on any atom is -0.390 e. The van der Waals surface area contributed by atoms with E-state index in [9.17, 15) is 10.2 Å². The summed E-state index contributed by atoms with van der Waals surface area (Å²) >= 11 is 0. The van der Waals surface area contributed by atoms with E-state index in [2.05, 4.69) is 26.8 Å². The third-order valence-electron chi connectivity index (χ3n) is 5.68. The first-order valence-corrected chi connectivity index (χ1v) is 6.79. The zero-order valence-electron chi connectivity index (χ0n) is 11.5. The molecule has 0 heterocycles. The molecule has 0 bridgehead atoms. The second-order valence-electron chi connectivity index (χ2n) is 7.10. The Morgan fingerprint density at radius 1 is 1.12 bits per heavy atom. The van der Waals surface area contributed by atoms with Crippen molar-refractivity contribution < 1.29 is 10.2 Å². The van der Waals surface area contributed by atoms with Crippen LogP contribution in [0.2, 0.25) is 0 Å². The Morgan fingerprint density at radius 3 is 2.24 bits per heavy atom. The molecule has 4 atom stereocenters. The molecule has 1 fully saturated rings. The van der Waals surface area contributed by atoms with Crippen LogP contribution >= 0.6 is 0 Å². The smallest absolute Gasteiger partial charge is 0.106 e. The SMILES string of the molecule is CC1(O)C=CC(C2(C)CCCC2(C)C)CC1O. The summed E-state index contributed by atoms with van der Waals surface area (Å²) in [7, 11) is 0. The molecule has 2 nitrogen and oxygen atoms in total. The first-order valence-electron chi connectivity index (χ1n) is 6.79. The van der Waals surface area contributed by atoms with Crippen LogP contribution < -0.4 is 0 Å². The molecule has 0 aromatic rings. The van der Waals surface area contributed by atoms with Gasteiger partial charge in [-0.3, -0.25) is 0 Å².